The number of nitriles is 1. The van der Waals surface area contributed by atoms with Crippen LogP contribution in [0.1, 0.15) is 36.8 Å². The standard InChI is InChI=1S/C17H17N3O2/c18-9-11-2-1-3-12(8-11)10-20-15(21)17(13-4-5-13,14-6-7-14)19-16(20)22/h1-3,8,13-14H,4-7,10H2,(H,19,22). The number of hydrogen-bond acceptors (Lipinski definition) is 3. The van der Waals surface area contributed by atoms with E-state index < -0.39 is 5.54 Å². The van der Waals surface area contributed by atoms with Gasteiger partial charge in [-0.1, -0.05) is 12.1 Å². The zero-order valence-corrected chi connectivity index (χ0v) is 12.2. The highest BCUT2D eigenvalue weighted by atomic mass is 16.2. The molecule has 1 saturated heterocycles. The van der Waals surface area contributed by atoms with E-state index >= 15 is 0 Å². The molecular weight excluding hydrogens is 278 g/mol. The number of nitrogens with one attached hydrogen (secondary N) is 1. The predicted octanol–water partition coefficient (Wildman–Crippen LogP) is 2.17. The van der Waals surface area contributed by atoms with E-state index in [-0.39, 0.29) is 18.5 Å². The molecular formula is C17H17N3O2. The minimum absolute atomic E-state index is 0.0649. The smallest absolute Gasteiger partial charge is 0.323 e. The summed E-state index contributed by atoms with van der Waals surface area (Å²) < 4.78 is 0. The van der Waals surface area contributed by atoms with Gasteiger partial charge in [-0.2, -0.15) is 5.26 Å². The molecule has 0 aromatic heterocycles. The van der Waals surface area contributed by atoms with Crippen molar-refractivity contribution in [1.82, 2.24) is 10.2 Å². The minimum atomic E-state index is -0.635. The van der Waals surface area contributed by atoms with Crippen molar-refractivity contribution in [3.8, 4) is 6.07 Å². The quantitative estimate of drug-likeness (QED) is 0.865. The molecule has 4 rings (SSSR count). The van der Waals surface area contributed by atoms with Gasteiger partial charge in [0.05, 0.1) is 18.2 Å². The van der Waals surface area contributed by atoms with Crippen LogP contribution >= 0.6 is 0 Å². The van der Waals surface area contributed by atoms with Crippen molar-refractivity contribution < 1.29 is 9.59 Å². The summed E-state index contributed by atoms with van der Waals surface area (Å²) in [7, 11) is 0. The molecule has 3 fully saturated rings. The highest BCUT2D eigenvalue weighted by molar-refractivity contribution is 6.07. The molecule has 1 aromatic carbocycles. The fraction of sp³-hybridized carbons (Fsp3) is 0.471. The molecule has 2 aliphatic carbocycles. The van der Waals surface area contributed by atoms with E-state index in [0.29, 0.717) is 17.4 Å². The van der Waals surface area contributed by atoms with Gasteiger partial charge >= 0.3 is 6.03 Å². The molecule has 1 aliphatic heterocycles. The van der Waals surface area contributed by atoms with E-state index in [9.17, 15) is 9.59 Å². The molecule has 2 saturated carbocycles. The number of imide groups is 1. The van der Waals surface area contributed by atoms with Crippen LogP contribution in [0.25, 0.3) is 0 Å². The average molecular weight is 295 g/mol. The van der Waals surface area contributed by atoms with Crippen LogP contribution in [0.2, 0.25) is 0 Å². The van der Waals surface area contributed by atoms with Crippen molar-refractivity contribution in [1.29, 1.82) is 5.26 Å². The Labute approximate surface area is 128 Å². The van der Waals surface area contributed by atoms with Crippen LogP contribution in [0.4, 0.5) is 4.79 Å². The molecule has 0 radical (unpaired) electrons. The maximum absolute atomic E-state index is 12.9. The molecule has 0 atom stereocenters. The first-order valence-electron chi connectivity index (χ1n) is 7.78. The van der Waals surface area contributed by atoms with Crippen LogP contribution in [-0.4, -0.2) is 22.4 Å². The van der Waals surface area contributed by atoms with Gasteiger partial charge < -0.3 is 5.32 Å². The summed E-state index contributed by atoms with van der Waals surface area (Å²) in [6.45, 7) is 0.237. The Morgan fingerprint density at radius 2 is 1.91 bits per heavy atom. The molecule has 0 unspecified atom stereocenters. The fourth-order valence-corrected chi connectivity index (χ4v) is 3.64. The van der Waals surface area contributed by atoms with Crippen LogP contribution in [0, 0.1) is 23.2 Å². The lowest BCUT2D eigenvalue weighted by Gasteiger charge is -2.26. The molecule has 0 bridgehead atoms. The summed E-state index contributed by atoms with van der Waals surface area (Å²) in [5.74, 6) is 0.559. The third-order valence-electron chi connectivity index (χ3n) is 5.00. The van der Waals surface area contributed by atoms with Crippen LogP contribution in [0.3, 0.4) is 0 Å². The second-order valence-electron chi connectivity index (χ2n) is 6.55. The first-order chi connectivity index (χ1) is 10.6. The number of benzene rings is 1. The lowest BCUT2D eigenvalue weighted by atomic mass is 9.87. The van der Waals surface area contributed by atoms with E-state index in [1.165, 1.54) is 4.90 Å². The molecule has 3 aliphatic rings. The Kier molecular flexibility index (Phi) is 2.77. The molecule has 5 heteroatoms. The van der Waals surface area contributed by atoms with Gasteiger partial charge in [0, 0.05) is 0 Å². The van der Waals surface area contributed by atoms with Crippen molar-refractivity contribution in [3.63, 3.8) is 0 Å². The highest BCUT2D eigenvalue weighted by Gasteiger charge is 2.65. The van der Waals surface area contributed by atoms with Gasteiger partial charge in [0.1, 0.15) is 5.54 Å². The first-order valence-corrected chi connectivity index (χ1v) is 7.78. The van der Waals surface area contributed by atoms with E-state index in [0.717, 1.165) is 31.2 Å². The number of carbonyl (C=O) groups is 2. The SMILES string of the molecule is N#Cc1cccc(CN2C(=O)NC(C3CC3)(C3CC3)C2=O)c1. The fourth-order valence-electron chi connectivity index (χ4n) is 3.64. The first kappa shape index (κ1) is 13.3. The molecule has 1 heterocycles. The number of carbonyl (C=O) groups excluding carboxylic acids is 2. The van der Waals surface area contributed by atoms with Gasteiger partial charge in [-0.05, 0) is 55.2 Å². The van der Waals surface area contributed by atoms with Crippen molar-refractivity contribution in [2.75, 3.05) is 0 Å². The van der Waals surface area contributed by atoms with Gasteiger partial charge in [0.15, 0.2) is 0 Å². The molecule has 5 nitrogen and oxygen atoms in total. The van der Waals surface area contributed by atoms with Gasteiger partial charge in [-0.25, -0.2) is 4.79 Å². The predicted molar refractivity (Wildman–Crippen MR) is 78.4 cm³/mol. The lowest BCUT2D eigenvalue weighted by molar-refractivity contribution is -0.133. The zero-order valence-electron chi connectivity index (χ0n) is 12.2. The van der Waals surface area contributed by atoms with Crippen LogP contribution in [-0.2, 0) is 11.3 Å². The van der Waals surface area contributed by atoms with Crippen molar-refractivity contribution in [2.45, 2.75) is 37.8 Å². The molecule has 3 amide bonds. The van der Waals surface area contributed by atoms with Gasteiger partial charge in [0.2, 0.25) is 0 Å². The summed E-state index contributed by atoms with van der Waals surface area (Å²) >= 11 is 0. The summed E-state index contributed by atoms with van der Waals surface area (Å²) in [6, 6.07) is 8.87. The van der Waals surface area contributed by atoms with Crippen molar-refractivity contribution in [3.05, 3.63) is 35.4 Å². The van der Waals surface area contributed by atoms with Crippen molar-refractivity contribution >= 4 is 11.9 Å². The Balaban J connectivity index is 1.61. The third-order valence-corrected chi connectivity index (χ3v) is 5.00. The van der Waals surface area contributed by atoms with E-state index in [4.69, 9.17) is 5.26 Å². The Morgan fingerprint density at radius 1 is 1.23 bits per heavy atom. The topological polar surface area (TPSA) is 73.2 Å². The Morgan fingerprint density at radius 3 is 2.50 bits per heavy atom. The molecule has 112 valence electrons. The lowest BCUT2D eigenvalue weighted by Crippen LogP contribution is -2.51. The summed E-state index contributed by atoms with van der Waals surface area (Å²) in [5, 5.41) is 12.0. The molecule has 1 aromatic rings. The normalized spacial score (nSPS) is 23.3. The van der Waals surface area contributed by atoms with E-state index in [1.807, 2.05) is 6.07 Å². The zero-order chi connectivity index (χ0) is 15.3. The number of hydrogen-bond donors (Lipinski definition) is 1. The summed E-state index contributed by atoms with van der Waals surface area (Å²) in [6.07, 6.45) is 4.11. The van der Waals surface area contributed by atoms with Crippen LogP contribution in [0.15, 0.2) is 24.3 Å². The monoisotopic (exact) mass is 295 g/mol. The number of rotatable bonds is 4. The third kappa shape index (κ3) is 1.91. The van der Waals surface area contributed by atoms with E-state index in [1.54, 1.807) is 18.2 Å². The maximum atomic E-state index is 12.9. The number of urea groups is 1. The summed E-state index contributed by atoms with van der Waals surface area (Å²) in [5.41, 5.74) is 0.717. The maximum Gasteiger partial charge on any atom is 0.325 e. The van der Waals surface area contributed by atoms with Gasteiger partial charge in [0.25, 0.3) is 5.91 Å². The minimum Gasteiger partial charge on any atom is -0.323 e. The molecule has 0 spiro atoms. The second kappa shape index (κ2) is 4.57. The van der Waals surface area contributed by atoms with Gasteiger partial charge in [-0.3, -0.25) is 9.69 Å². The Bertz CT molecular complexity index is 686. The van der Waals surface area contributed by atoms with E-state index in [2.05, 4.69) is 11.4 Å². The highest BCUT2D eigenvalue weighted by Crippen LogP contribution is 2.54. The number of nitrogens with zero attached hydrogens (tertiary/aromatic N) is 2. The van der Waals surface area contributed by atoms with Gasteiger partial charge in [-0.15, -0.1) is 0 Å². The van der Waals surface area contributed by atoms with Crippen molar-refractivity contribution in [2.24, 2.45) is 11.8 Å². The molecule has 22 heavy (non-hydrogen) atoms. The van der Waals surface area contributed by atoms with Crippen LogP contribution < -0.4 is 5.32 Å². The van der Waals surface area contributed by atoms with Crippen LogP contribution in [0.5, 0.6) is 0 Å². The average Bonchev–Trinajstić information content (AvgIpc) is 3.41. The Hall–Kier alpha value is -2.35. The number of amides is 3. The summed E-state index contributed by atoms with van der Waals surface area (Å²) in [4.78, 5) is 26.6. The molecule has 1 N–H and O–H groups in total. The second-order valence-corrected chi connectivity index (χ2v) is 6.55. The largest absolute Gasteiger partial charge is 0.325 e.